The van der Waals surface area contributed by atoms with Gasteiger partial charge in [0.25, 0.3) is 0 Å². The fourth-order valence-electron chi connectivity index (χ4n) is 3.65. The zero-order valence-electron chi connectivity index (χ0n) is 15.9. The summed E-state index contributed by atoms with van der Waals surface area (Å²) in [5.74, 6) is 0.268. The van der Waals surface area contributed by atoms with Crippen LogP contribution >= 0.6 is 0 Å². The maximum absolute atomic E-state index is 13.9. The molecule has 5 nitrogen and oxygen atoms in total. The SMILES string of the molecule is Cc1noc(C)c1-c1ccc2c(=O)cc(C)n(Cc3cccc(F)c3N)c2c1. The molecule has 4 aromatic rings. The highest BCUT2D eigenvalue weighted by Gasteiger charge is 2.15. The Morgan fingerprint density at radius 3 is 2.64 bits per heavy atom. The molecule has 28 heavy (non-hydrogen) atoms. The summed E-state index contributed by atoms with van der Waals surface area (Å²) in [5, 5.41) is 4.61. The third-order valence-electron chi connectivity index (χ3n) is 5.11. The number of pyridine rings is 1. The monoisotopic (exact) mass is 377 g/mol. The Balaban J connectivity index is 1.96. The minimum absolute atomic E-state index is 0.0544. The smallest absolute Gasteiger partial charge is 0.189 e. The number of rotatable bonds is 3. The van der Waals surface area contributed by atoms with E-state index in [0.717, 1.165) is 28.0 Å². The highest BCUT2D eigenvalue weighted by Crippen LogP contribution is 2.30. The van der Waals surface area contributed by atoms with Crippen LogP contribution in [0.1, 0.15) is 22.7 Å². The van der Waals surface area contributed by atoms with Gasteiger partial charge in [0, 0.05) is 29.3 Å². The van der Waals surface area contributed by atoms with Gasteiger partial charge in [-0.15, -0.1) is 0 Å². The van der Waals surface area contributed by atoms with Gasteiger partial charge in [0.15, 0.2) is 5.43 Å². The maximum Gasteiger partial charge on any atom is 0.189 e. The molecule has 0 saturated carbocycles. The number of halogens is 1. The van der Waals surface area contributed by atoms with Crippen molar-refractivity contribution in [2.75, 3.05) is 5.73 Å². The summed E-state index contributed by atoms with van der Waals surface area (Å²) < 4.78 is 21.2. The molecule has 2 aromatic carbocycles. The molecule has 0 atom stereocenters. The lowest BCUT2D eigenvalue weighted by Gasteiger charge is -2.17. The number of nitrogens with two attached hydrogens (primary N) is 1. The third-order valence-corrected chi connectivity index (χ3v) is 5.11. The van der Waals surface area contributed by atoms with Crippen LogP contribution in [-0.2, 0) is 6.54 Å². The van der Waals surface area contributed by atoms with Gasteiger partial charge in [0.2, 0.25) is 0 Å². The third kappa shape index (κ3) is 2.87. The predicted octanol–water partition coefficient (Wildman–Crippen LogP) is 4.35. The van der Waals surface area contributed by atoms with Crippen LogP contribution in [0.3, 0.4) is 0 Å². The summed E-state index contributed by atoms with van der Waals surface area (Å²) in [6, 6.07) is 12.0. The number of aromatic nitrogens is 2. The molecule has 0 amide bonds. The first-order valence-electron chi connectivity index (χ1n) is 8.97. The number of anilines is 1. The van der Waals surface area contributed by atoms with Gasteiger partial charge in [-0.2, -0.15) is 0 Å². The van der Waals surface area contributed by atoms with Gasteiger partial charge in [-0.1, -0.05) is 23.4 Å². The molecule has 4 rings (SSSR count). The van der Waals surface area contributed by atoms with Crippen LogP contribution in [0.2, 0.25) is 0 Å². The summed E-state index contributed by atoms with van der Waals surface area (Å²) in [4.78, 5) is 12.5. The van der Waals surface area contributed by atoms with Crippen molar-refractivity contribution in [3.63, 3.8) is 0 Å². The van der Waals surface area contributed by atoms with E-state index >= 15 is 0 Å². The van der Waals surface area contributed by atoms with E-state index in [1.807, 2.05) is 43.5 Å². The van der Waals surface area contributed by atoms with Crippen molar-refractivity contribution < 1.29 is 8.91 Å². The molecular weight excluding hydrogens is 357 g/mol. The van der Waals surface area contributed by atoms with E-state index in [1.165, 1.54) is 6.07 Å². The Morgan fingerprint density at radius 1 is 1.14 bits per heavy atom. The molecule has 0 saturated heterocycles. The lowest BCUT2D eigenvalue weighted by molar-refractivity contribution is 0.393. The standard InChI is InChI=1S/C22H20FN3O2/c1-12-9-20(27)17-8-7-15(21-13(2)25-28-14(21)3)10-19(17)26(12)11-16-5-4-6-18(23)22(16)24/h4-10H,11,24H2,1-3H3. The molecule has 0 unspecified atom stereocenters. The quantitative estimate of drug-likeness (QED) is 0.539. The van der Waals surface area contributed by atoms with E-state index in [4.69, 9.17) is 10.3 Å². The second kappa shape index (κ2) is 6.64. The van der Waals surface area contributed by atoms with Gasteiger partial charge in [-0.25, -0.2) is 4.39 Å². The highest BCUT2D eigenvalue weighted by atomic mass is 19.1. The Labute approximate surface area is 161 Å². The van der Waals surface area contributed by atoms with Crippen molar-refractivity contribution in [3.05, 3.63) is 81.2 Å². The molecule has 6 heteroatoms. The summed E-state index contributed by atoms with van der Waals surface area (Å²) in [7, 11) is 0. The minimum Gasteiger partial charge on any atom is -0.396 e. The Morgan fingerprint density at radius 2 is 1.93 bits per heavy atom. The Kier molecular flexibility index (Phi) is 4.26. The van der Waals surface area contributed by atoms with Crippen LogP contribution in [0, 0.1) is 26.6 Å². The van der Waals surface area contributed by atoms with E-state index in [1.54, 1.807) is 18.2 Å². The second-order valence-corrected chi connectivity index (χ2v) is 6.98. The van der Waals surface area contributed by atoms with Crippen LogP contribution in [0.15, 0.2) is 51.8 Å². The second-order valence-electron chi connectivity index (χ2n) is 6.98. The average Bonchev–Trinajstić information content (AvgIpc) is 3.00. The van der Waals surface area contributed by atoms with Gasteiger partial charge in [-0.05, 0) is 50.1 Å². The molecule has 0 bridgehead atoms. The molecule has 2 heterocycles. The van der Waals surface area contributed by atoms with Gasteiger partial charge in [0.05, 0.1) is 16.9 Å². The Hall–Kier alpha value is -3.41. The van der Waals surface area contributed by atoms with Crippen molar-refractivity contribution in [1.29, 1.82) is 0 Å². The van der Waals surface area contributed by atoms with Crippen molar-refractivity contribution in [1.82, 2.24) is 9.72 Å². The zero-order chi connectivity index (χ0) is 20.0. The van der Waals surface area contributed by atoms with E-state index < -0.39 is 5.82 Å². The molecule has 0 fully saturated rings. The first kappa shape index (κ1) is 18.0. The molecule has 0 radical (unpaired) electrons. The largest absolute Gasteiger partial charge is 0.396 e. The van der Waals surface area contributed by atoms with Gasteiger partial charge >= 0.3 is 0 Å². The number of hydrogen-bond acceptors (Lipinski definition) is 4. The van der Waals surface area contributed by atoms with Crippen LogP contribution < -0.4 is 11.2 Å². The van der Waals surface area contributed by atoms with E-state index in [0.29, 0.717) is 23.3 Å². The fourth-order valence-corrected chi connectivity index (χ4v) is 3.65. The molecule has 0 spiro atoms. The summed E-state index contributed by atoms with van der Waals surface area (Å²) >= 11 is 0. The lowest BCUT2D eigenvalue weighted by atomic mass is 10.0. The number of hydrogen-bond donors (Lipinski definition) is 1. The van der Waals surface area contributed by atoms with Crippen LogP contribution in [-0.4, -0.2) is 9.72 Å². The zero-order valence-corrected chi connectivity index (χ0v) is 15.9. The van der Waals surface area contributed by atoms with Crippen molar-refractivity contribution in [2.45, 2.75) is 27.3 Å². The molecule has 2 N–H and O–H groups in total. The summed E-state index contributed by atoms with van der Waals surface area (Å²) in [5.41, 5.74) is 10.8. The highest BCUT2D eigenvalue weighted by molar-refractivity contribution is 5.85. The van der Waals surface area contributed by atoms with Crippen LogP contribution in [0.25, 0.3) is 22.0 Å². The van der Waals surface area contributed by atoms with Crippen molar-refractivity contribution >= 4 is 16.6 Å². The van der Waals surface area contributed by atoms with Gasteiger partial charge in [0.1, 0.15) is 11.6 Å². The topological polar surface area (TPSA) is 74.0 Å². The van der Waals surface area contributed by atoms with Crippen molar-refractivity contribution in [2.24, 2.45) is 0 Å². The number of nitrogens with zero attached hydrogens (tertiary/aromatic N) is 2. The Bertz CT molecular complexity index is 1250. The lowest BCUT2D eigenvalue weighted by Crippen LogP contribution is -2.14. The van der Waals surface area contributed by atoms with E-state index in [9.17, 15) is 9.18 Å². The molecule has 0 aliphatic carbocycles. The van der Waals surface area contributed by atoms with Crippen molar-refractivity contribution in [3.8, 4) is 11.1 Å². The predicted molar refractivity (Wildman–Crippen MR) is 108 cm³/mol. The first-order valence-corrected chi connectivity index (χ1v) is 8.97. The summed E-state index contributed by atoms with van der Waals surface area (Å²) in [6.45, 7) is 5.96. The number of fused-ring (bicyclic) bond motifs is 1. The van der Waals surface area contributed by atoms with E-state index in [-0.39, 0.29) is 11.1 Å². The molecule has 0 aliphatic heterocycles. The molecular formula is C22H20FN3O2. The number of benzene rings is 2. The van der Waals surface area contributed by atoms with Crippen LogP contribution in [0.5, 0.6) is 0 Å². The molecule has 2 aromatic heterocycles. The number of para-hydroxylation sites is 1. The van der Waals surface area contributed by atoms with E-state index in [2.05, 4.69) is 5.16 Å². The van der Waals surface area contributed by atoms with Gasteiger partial charge in [-0.3, -0.25) is 4.79 Å². The number of aryl methyl sites for hydroxylation is 3. The molecule has 142 valence electrons. The first-order chi connectivity index (χ1) is 13.4. The fraction of sp³-hybridized carbons (Fsp3) is 0.182. The minimum atomic E-state index is -0.447. The molecule has 0 aliphatic rings. The normalized spacial score (nSPS) is 11.3. The number of nitrogen functional groups attached to an aromatic ring is 1. The maximum atomic E-state index is 13.9. The summed E-state index contributed by atoms with van der Waals surface area (Å²) in [6.07, 6.45) is 0. The van der Waals surface area contributed by atoms with Crippen LogP contribution in [0.4, 0.5) is 10.1 Å². The average molecular weight is 377 g/mol. The van der Waals surface area contributed by atoms with Gasteiger partial charge < -0.3 is 14.8 Å².